The number of hydrogen-bond acceptors (Lipinski definition) is 3. The van der Waals surface area contributed by atoms with Gasteiger partial charge in [0.05, 0.1) is 7.11 Å². The van der Waals surface area contributed by atoms with Crippen LogP contribution in [0.3, 0.4) is 0 Å². The highest BCUT2D eigenvalue weighted by Crippen LogP contribution is 2.37. The molecular formula is C15H19NO3. The first-order chi connectivity index (χ1) is 8.99. The monoisotopic (exact) mass is 261 g/mol. The van der Waals surface area contributed by atoms with Gasteiger partial charge in [-0.05, 0) is 25.8 Å². The molecule has 1 aromatic rings. The smallest absolute Gasteiger partial charge is 0.321 e. The van der Waals surface area contributed by atoms with E-state index in [0.717, 1.165) is 5.56 Å². The Hall–Kier alpha value is -1.84. The predicted octanol–water partition coefficient (Wildman–Crippen LogP) is 1.99. The van der Waals surface area contributed by atoms with Gasteiger partial charge in [-0.1, -0.05) is 30.3 Å². The summed E-state index contributed by atoms with van der Waals surface area (Å²) < 4.78 is 4.77. The van der Waals surface area contributed by atoms with Crippen molar-refractivity contribution in [3.8, 4) is 0 Å². The van der Waals surface area contributed by atoms with E-state index in [0.29, 0.717) is 13.0 Å². The number of amides is 1. The molecule has 4 nitrogen and oxygen atoms in total. The number of likely N-dealkylation sites (tertiary alicyclic amines) is 1. The fraction of sp³-hybridized carbons (Fsp3) is 0.467. The van der Waals surface area contributed by atoms with Crippen LogP contribution in [0.15, 0.2) is 30.3 Å². The molecule has 2 rings (SSSR count). The van der Waals surface area contributed by atoms with Crippen LogP contribution in [0.2, 0.25) is 0 Å². The third kappa shape index (κ3) is 2.35. The Bertz CT molecular complexity index is 485. The van der Waals surface area contributed by atoms with Crippen molar-refractivity contribution in [3.05, 3.63) is 35.9 Å². The van der Waals surface area contributed by atoms with Crippen molar-refractivity contribution < 1.29 is 14.3 Å². The molecule has 1 saturated heterocycles. The molecule has 0 radical (unpaired) electrons. The van der Waals surface area contributed by atoms with Crippen molar-refractivity contribution in [2.24, 2.45) is 5.41 Å². The molecule has 102 valence electrons. The quantitative estimate of drug-likeness (QED) is 0.617. The molecule has 0 spiro atoms. The van der Waals surface area contributed by atoms with Crippen LogP contribution >= 0.6 is 0 Å². The number of methoxy groups -OCH3 is 1. The fourth-order valence-electron chi connectivity index (χ4n) is 2.71. The molecular weight excluding hydrogens is 242 g/mol. The largest absolute Gasteiger partial charge is 0.468 e. The Labute approximate surface area is 113 Å². The third-order valence-electron chi connectivity index (χ3n) is 3.80. The minimum absolute atomic E-state index is 0.0387. The number of esters is 1. The SMILES string of the molecule is COC(=O)C1(C)CC(C)N(Cc2ccccc2)C1=O. The minimum Gasteiger partial charge on any atom is -0.468 e. The Kier molecular flexibility index (Phi) is 3.60. The molecule has 1 aliphatic rings. The van der Waals surface area contributed by atoms with E-state index >= 15 is 0 Å². The number of carbonyl (C=O) groups is 2. The summed E-state index contributed by atoms with van der Waals surface area (Å²) in [7, 11) is 1.32. The molecule has 4 heteroatoms. The van der Waals surface area contributed by atoms with Gasteiger partial charge in [0, 0.05) is 12.6 Å². The van der Waals surface area contributed by atoms with Crippen LogP contribution in [0.25, 0.3) is 0 Å². The van der Waals surface area contributed by atoms with Crippen molar-refractivity contribution in [1.82, 2.24) is 4.90 Å². The summed E-state index contributed by atoms with van der Waals surface area (Å²) in [4.78, 5) is 26.0. The van der Waals surface area contributed by atoms with Gasteiger partial charge in [0.25, 0.3) is 0 Å². The second-order valence-corrected chi connectivity index (χ2v) is 5.30. The van der Waals surface area contributed by atoms with Crippen molar-refractivity contribution in [1.29, 1.82) is 0 Å². The first-order valence-electron chi connectivity index (χ1n) is 6.42. The van der Waals surface area contributed by atoms with E-state index in [-0.39, 0.29) is 11.9 Å². The number of ether oxygens (including phenoxy) is 1. The van der Waals surface area contributed by atoms with Gasteiger partial charge in [-0.2, -0.15) is 0 Å². The number of rotatable bonds is 3. The zero-order valence-corrected chi connectivity index (χ0v) is 11.6. The van der Waals surface area contributed by atoms with Crippen LogP contribution in [0.1, 0.15) is 25.8 Å². The summed E-state index contributed by atoms with van der Waals surface area (Å²) >= 11 is 0. The Morgan fingerprint density at radius 3 is 2.63 bits per heavy atom. The zero-order valence-electron chi connectivity index (χ0n) is 11.6. The summed E-state index contributed by atoms with van der Waals surface area (Å²) in [5, 5.41) is 0. The maximum Gasteiger partial charge on any atom is 0.321 e. The highest BCUT2D eigenvalue weighted by Gasteiger charge is 2.52. The van der Waals surface area contributed by atoms with Gasteiger partial charge in [-0.15, -0.1) is 0 Å². The van der Waals surface area contributed by atoms with Gasteiger partial charge in [-0.25, -0.2) is 0 Å². The van der Waals surface area contributed by atoms with E-state index in [1.54, 1.807) is 11.8 Å². The van der Waals surface area contributed by atoms with Crippen molar-refractivity contribution in [2.75, 3.05) is 7.11 Å². The second kappa shape index (κ2) is 5.03. The first kappa shape index (κ1) is 13.6. The van der Waals surface area contributed by atoms with Crippen molar-refractivity contribution >= 4 is 11.9 Å². The maximum atomic E-state index is 12.5. The molecule has 1 amide bonds. The van der Waals surface area contributed by atoms with E-state index in [1.807, 2.05) is 37.3 Å². The molecule has 0 aromatic heterocycles. The number of hydrogen-bond donors (Lipinski definition) is 0. The molecule has 1 fully saturated rings. The van der Waals surface area contributed by atoms with Crippen LogP contribution in [0.5, 0.6) is 0 Å². The molecule has 1 aromatic carbocycles. The van der Waals surface area contributed by atoms with Crippen LogP contribution < -0.4 is 0 Å². The minimum atomic E-state index is -1.04. The zero-order chi connectivity index (χ0) is 14.0. The maximum absolute atomic E-state index is 12.5. The van der Waals surface area contributed by atoms with E-state index in [4.69, 9.17) is 4.74 Å². The number of carbonyl (C=O) groups excluding carboxylic acids is 2. The average molecular weight is 261 g/mol. The average Bonchev–Trinajstić information content (AvgIpc) is 2.64. The summed E-state index contributed by atoms with van der Waals surface area (Å²) in [6.07, 6.45) is 0.505. The molecule has 0 saturated carbocycles. The van der Waals surface area contributed by atoms with Gasteiger partial charge in [0.1, 0.15) is 5.41 Å². The summed E-state index contributed by atoms with van der Waals surface area (Å²) in [5.74, 6) is -0.587. The summed E-state index contributed by atoms with van der Waals surface area (Å²) in [6.45, 7) is 4.17. The van der Waals surface area contributed by atoms with Crippen LogP contribution in [-0.2, 0) is 20.9 Å². The van der Waals surface area contributed by atoms with Crippen molar-refractivity contribution in [2.45, 2.75) is 32.9 Å². The lowest BCUT2D eigenvalue weighted by Gasteiger charge is -2.23. The standard InChI is InChI=1S/C15H19NO3/c1-11-9-15(2,14(18)19-3)13(17)16(11)10-12-7-5-4-6-8-12/h4-8,11H,9-10H2,1-3H3. The van der Waals surface area contributed by atoms with Gasteiger partial charge < -0.3 is 9.64 Å². The van der Waals surface area contributed by atoms with Crippen molar-refractivity contribution in [3.63, 3.8) is 0 Å². The Morgan fingerprint density at radius 1 is 1.42 bits per heavy atom. The normalized spacial score (nSPS) is 26.6. The molecule has 1 heterocycles. The van der Waals surface area contributed by atoms with Gasteiger partial charge >= 0.3 is 5.97 Å². The summed E-state index contributed by atoms with van der Waals surface area (Å²) in [6, 6.07) is 9.83. The van der Waals surface area contributed by atoms with Crippen LogP contribution in [-0.4, -0.2) is 29.9 Å². The lowest BCUT2D eigenvalue weighted by atomic mass is 9.87. The number of benzene rings is 1. The molecule has 0 bridgehead atoms. The molecule has 2 unspecified atom stereocenters. The van der Waals surface area contributed by atoms with E-state index < -0.39 is 11.4 Å². The molecule has 1 aliphatic heterocycles. The second-order valence-electron chi connectivity index (χ2n) is 5.30. The fourth-order valence-corrected chi connectivity index (χ4v) is 2.71. The lowest BCUT2D eigenvalue weighted by molar-refractivity contribution is -0.157. The number of nitrogens with zero attached hydrogens (tertiary/aromatic N) is 1. The van der Waals surface area contributed by atoms with E-state index in [1.165, 1.54) is 7.11 Å². The molecule has 19 heavy (non-hydrogen) atoms. The third-order valence-corrected chi connectivity index (χ3v) is 3.80. The van der Waals surface area contributed by atoms with Gasteiger partial charge in [-0.3, -0.25) is 9.59 Å². The van der Waals surface area contributed by atoms with E-state index in [2.05, 4.69) is 0 Å². The van der Waals surface area contributed by atoms with Crippen LogP contribution in [0, 0.1) is 5.41 Å². The highest BCUT2D eigenvalue weighted by molar-refractivity contribution is 6.03. The molecule has 0 aliphatic carbocycles. The van der Waals surface area contributed by atoms with E-state index in [9.17, 15) is 9.59 Å². The summed E-state index contributed by atoms with van der Waals surface area (Å²) in [5.41, 5.74) is 0.0278. The Morgan fingerprint density at radius 2 is 2.05 bits per heavy atom. The van der Waals surface area contributed by atoms with Gasteiger partial charge in [0.2, 0.25) is 5.91 Å². The lowest BCUT2D eigenvalue weighted by Crippen LogP contribution is -2.39. The topological polar surface area (TPSA) is 46.6 Å². The first-order valence-corrected chi connectivity index (χ1v) is 6.42. The van der Waals surface area contributed by atoms with Crippen LogP contribution in [0.4, 0.5) is 0 Å². The highest BCUT2D eigenvalue weighted by atomic mass is 16.5. The van der Waals surface area contributed by atoms with Gasteiger partial charge in [0.15, 0.2) is 0 Å². The molecule has 2 atom stereocenters. The molecule has 0 N–H and O–H groups in total. The predicted molar refractivity (Wildman–Crippen MR) is 71.2 cm³/mol. The Balaban J connectivity index is 2.20.